The highest BCUT2D eigenvalue weighted by molar-refractivity contribution is 4.97. The molecule has 0 aliphatic heterocycles. The van der Waals surface area contributed by atoms with Gasteiger partial charge in [-0.1, -0.05) is 0 Å². The third-order valence-corrected chi connectivity index (χ3v) is 3.13. The number of likely N-dealkylation sites (N-methyl/N-ethyl adjacent to an activating group) is 1. The second kappa shape index (κ2) is 4.40. The minimum Gasteiger partial charge on any atom is -0.392 e. The van der Waals surface area contributed by atoms with Crippen LogP contribution in [-0.4, -0.2) is 48.8 Å². The fourth-order valence-electron chi connectivity index (χ4n) is 1.88. The summed E-state index contributed by atoms with van der Waals surface area (Å²) in [4.78, 5) is 2.31. The smallest absolute Gasteiger partial charge is 0.0636 e. The molecule has 3 nitrogen and oxygen atoms in total. The van der Waals surface area contributed by atoms with Crippen LogP contribution in [0.25, 0.3) is 0 Å². The first kappa shape index (κ1) is 11.0. The second-order valence-electron chi connectivity index (χ2n) is 4.45. The van der Waals surface area contributed by atoms with Gasteiger partial charge in [0.1, 0.15) is 0 Å². The molecule has 0 bridgehead atoms. The van der Waals surface area contributed by atoms with E-state index in [0.29, 0.717) is 12.1 Å². The lowest BCUT2D eigenvalue weighted by Gasteiger charge is -2.47. The third kappa shape index (κ3) is 2.66. The van der Waals surface area contributed by atoms with Crippen LogP contribution in [0.2, 0.25) is 0 Å². The molecule has 1 aliphatic carbocycles. The predicted octanol–water partition coefficient (Wildman–Crippen LogP) is 0.441. The van der Waals surface area contributed by atoms with Crippen LogP contribution in [0.15, 0.2) is 0 Å². The van der Waals surface area contributed by atoms with E-state index in [1.54, 1.807) is 0 Å². The van der Waals surface area contributed by atoms with E-state index in [9.17, 15) is 0 Å². The maximum Gasteiger partial charge on any atom is 0.0636 e. The zero-order valence-corrected chi connectivity index (χ0v) is 9.01. The van der Waals surface area contributed by atoms with Gasteiger partial charge >= 0.3 is 0 Å². The summed E-state index contributed by atoms with van der Waals surface area (Å²) < 4.78 is 0. The van der Waals surface area contributed by atoms with Crippen molar-refractivity contribution in [2.24, 2.45) is 0 Å². The molecule has 13 heavy (non-hydrogen) atoms. The van der Waals surface area contributed by atoms with Gasteiger partial charge in [0.2, 0.25) is 0 Å². The largest absolute Gasteiger partial charge is 0.392 e. The average Bonchev–Trinajstić information content (AvgIpc) is 1.93. The molecule has 0 aromatic carbocycles. The van der Waals surface area contributed by atoms with Crippen LogP contribution in [0.4, 0.5) is 0 Å². The van der Waals surface area contributed by atoms with Crippen molar-refractivity contribution >= 4 is 0 Å². The van der Waals surface area contributed by atoms with Crippen LogP contribution < -0.4 is 5.32 Å². The SMILES string of the molecule is C[C@H](O)CNCC1(N(C)C)CCC1. The number of hydrogen-bond donors (Lipinski definition) is 2. The van der Waals surface area contributed by atoms with Gasteiger partial charge in [0.15, 0.2) is 0 Å². The van der Waals surface area contributed by atoms with Crippen molar-refractivity contribution in [1.82, 2.24) is 10.2 Å². The fourth-order valence-corrected chi connectivity index (χ4v) is 1.88. The van der Waals surface area contributed by atoms with Crippen LogP contribution in [0.3, 0.4) is 0 Å². The van der Waals surface area contributed by atoms with Crippen molar-refractivity contribution in [3.05, 3.63) is 0 Å². The molecule has 78 valence electrons. The summed E-state index contributed by atoms with van der Waals surface area (Å²) in [7, 11) is 4.28. The van der Waals surface area contributed by atoms with Gasteiger partial charge in [0, 0.05) is 18.6 Å². The monoisotopic (exact) mass is 186 g/mol. The molecule has 0 radical (unpaired) electrons. The molecular formula is C10H22N2O. The van der Waals surface area contributed by atoms with Crippen molar-refractivity contribution in [3.63, 3.8) is 0 Å². The fraction of sp³-hybridized carbons (Fsp3) is 1.00. The van der Waals surface area contributed by atoms with Gasteiger partial charge < -0.3 is 15.3 Å². The first-order chi connectivity index (χ1) is 6.07. The summed E-state index contributed by atoms with van der Waals surface area (Å²) in [6.45, 7) is 3.52. The van der Waals surface area contributed by atoms with E-state index >= 15 is 0 Å². The number of aliphatic hydroxyl groups excluding tert-OH is 1. The molecule has 1 saturated carbocycles. The van der Waals surface area contributed by atoms with Crippen LogP contribution in [-0.2, 0) is 0 Å². The van der Waals surface area contributed by atoms with Gasteiger partial charge in [-0.05, 0) is 40.3 Å². The minimum atomic E-state index is -0.237. The molecule has 0 saturated heterocycles. The molecule has 3 heteroatoms. The highest BCUT2D eigenvalue weighted by Crippen LogP contribution is 2.35. The molecule has 1 fully saturated rings. The number of nitrogens with one attached hydrogen (secondary N) is 1. The summed E-state index contributed by atoms with van der Waals surface area (Å²) >= 11 is 0. The van der Waals surface area contributed by atoms with Gasteiger partial charge in [0.25, 0.3) is 0 Å². The molecule has 1 atom stereocenters. The first-order valence-electron chi connectivity index (χ1n) is 5.13. The van der Waals surface area contributed by atoms with Crippen LogP contribution in [0.5, 0.6) is 0 Å². The number of hydrogen-bond acceptors (Lipinski definition) is 3. The van der Waals surface area contributed by atoms with Gasteiger partial charge in [0.05, 0.1) is 6.10 Å². The Kier molecular flexibility index (Phi) is 3.71. The Bertz CT molecular complexity index is 153. The van der Waals surface area contributed by atoms with E-state index in [1.807, 2.05) is 6.92 Å². The Hall–Kier alpha value is -0.120. The summed E-state index contributed by atoms with van der Waals surface area (Å²) in [6, 6.07) is 0. The van der Waals surface area contributed by atoms with Crippen LogP contribution >= 0.6 is 0 Å². The highest BCUT2D eigenvalue weighted by Gasteiger charge is 2.38. The van der Waals surface area contributed by atoms with Crippen LogP contribution in [0, 0.1) is 0 Å². The normalized spacial score (nSPS) is 22.8. The molecule has 0 amide bonds. The molecule has 1 rings (SSSR count). The minimum absolute atomic E-state index is 0.237. The zero-order chi connectivity index (χ0) is 9.90. The Labute approximate surface area is 81.1 Å². The Balaban J connectivity index is 2.24. The summed E-state index contributed by atoms with van der Waals surface area (Å²) in [5.74, 6) is 0. The summed E-state index contributed by atoms with van der Waals surface area (Å²) in [5.41, 5.74) is 0.370. The van der Waals surface area contributed by atoms with Gasteiger partial charge in [-0.25, -0.2) is 0 Å². The highest BCUT2D eigenvalue weighted by atomic mass is 16.3. The van der Waals surface area contributed by atoms with Crippen molar-refractivity contribution < 1.29 is 5.11 Å². The summed E-state index contributed by atoms with van der Waals surface area (Å²) in [6.07, 6.45) is 3.67. The predicted molar refractivity (Wildman–Crippen MR) is 54.8 cm³/mol. The zero-order valence-electron chi connectivity index (χ0n) is 9.01. The molecular weight excluding hydrogens is 164 g/mol. The number of rotatable bonds is 5. The van der Waals surface area contributed by atoms with E-state index in [1.165, 1.54) is 19.3 Å². The molecule has 0 aromatic heterocycles. The molecule has 0 aromatic rings. The van der Waals surface area contributed by atoms with E-state index in [2.05, 4.69) is 24.3 Å². The van der Waals surface area contributed by atoms with Gasteiger partial charge in [-0.15, -0.1) is 0 Å². The van der Waals surface area contributed by atoms with Crippen molar-refractivity contribution in [3.8, 4) is 0 Å². The summed E-state index contributed by atoms with van der Waals surface area (Å²) in [5, 5.41) is 12.4. The molecule has 0 heterocycles. The van der Waals surface area contributed by atoms with Gasteiger partial charge in [-0.2, -0.15) is 0 Å². The Morgan fingerprint density at radius 2 is 2.08 bits per heavy atom. The molecule has 1 aliphatic rings. The molecule has 0 unspecified atom stereocenters. The molecule has 0 spiro atoms. The van der Waals surface area contributed by atoms with E-state index in [-0.39, 0.29) is 6.10 Å². The second-order valence-corrected chi connectivity index (χ2v) is 4.45. The van der Waals surface area contributed by atoms with Crippen LogP contribution in [0.1, 0.15) is 26.2 Å². The topological polar surface area (TPSA) is 35.5 Å². The maximum atomic E-state index is 9.10. The lowest BCUT2D eigenvalue weighted by Crippen LogP contribution is -2.56. The Morgan fingerprint density at radius 3 is 2.38 bits per heavy atom. The maximum absolute atomic E-state index is 9.10. The van der Waals surface area contributed by atoms with E-state index in [4.69, 9.17) is 5.11 Å². The van der Waals surface area contributed by atoms with Crippen molar-refractivity contribution in [1.29, 1.82) is 0 Å². The first-order valence-corrected chi connectivity index (χ1v) is 5.13. The number of aliphatic hydroxyl groups is 1. The Morgan fingerprint density at radius 1 is 1.46 bits per heavy atom. The average molecular weight is 186 g/mol. The molecule has 2 N–H and O–H groups in total. The third-order valence-electron chi connectivity index (χ3n) is 3.13. The lowest BCUT2D eigenvalue weighted by molar-refractivity contribution is 0.0565. The number of nitrogens with zero attached hydrogens (tertiary/aromatic N) is 1. The lowest BCUT2D eigenvalue weighted by atomic mass is 9.75. The quantitative estimate of drug-likeness (QED) is 0.654. The van der Waals surface area contributed by atoms with Crippen molar-refractivity contribution in [2.75, 3.05) is 27.2 Å². The van der Waals surface area contributed by atoms with E-state index in [0.717, 1.165) is 6.54 Å². The standard InChI is InChI=1S/C10H22N2O/c1-9(13)7-11-8-10(12(2)3)5-4-6-10/h9,11,13H,4-8H2,1-3H3/t9-/m0/s1. The van der Waals surface area contributed by atoms with Gasteiger partial charge in [-0.3, -0.25) is 0 Å². The van der Waals surface area contributed by atoms with E-state index < -0.39 is 0 Å². The van der Waals surface area contributed by atoms with Crippen molar-refractivity contribution in [2.45, 2.75) is 37.8 Å².